The number of alkyl halides is 4. The van der Waals surface area contributed by atoms with E-state index >= 15 is 0 Å². The van der Waals surface area contributed by atoms with Gasteiger partial charge in [0.1, 0.15) is 0 Å². The van der Waals surface area contributed by atoms with Gasteiger partial charge in [0.2, 0.25) is 0 Å². The summed E-state index contributed by atoms with van der Waals surface area (Å²) in [6, 6.07) is 0. The Hall–Kier alpha value is 2.26. The second-order valence-corrected chi connectivity index (χ2v) is 7.93. The fraction of sp³-hybridized carbons (Fsp3) is 1.00. The van der Waals surface area contributed by atoms with Crippen LogP contribution in [0.4, 0.5) is 0 Å². The zero-order chi connectivity index (χ0) is 8.69. The predicted molar refractivity (Wildman–Crippen MR) is 71.7 cm³/mol. The Bertz CT molecular complexity index is 82.9. The number of hydrogen-bond acceptors (Lipinski definition) is 0. The summed E-state index contributed by atoms with van der Waals surface area (Å²) in [4.78, 5) is 0. The third kappa shape index (κ3) is 14.8. The molecule has 0 bridgehead atoms. The minimum absolute atomic E-state index is 0. The first kappa shape index (κ1) is 16.7. The number of hydrogen-bond donors (Lipinski definition) is 0. The molecule has 2 atom stereocenters. The van der Waals surface area contributed by atoms with Crippen LogP contribution in [-0.2, 0) is 0 Å². The fourth-order valence-corrected chi connectivity index (χ4v) is 3.67. The lowest BCUT2D eigenvalue weighted by Gasteiger charge is -2.02. The van der Waals surface area contributed by atoms with E-state index in [1.54, 1.807) is 0 Å². The van der Waals surface area contributed by atoms with Crippen LogP contribution in [0.1, 0.15) is 12.8 Å². The predicted octanol–water partition coefficient (Wildman–Crippen LogP) is 4.79. The molecule has 0 N–H and O–H groups in total. The van der Waals surface area contributed by atoms with Crippen molar-refractivity contribution in [1.82, 2.24) is 0 Å². The van der Waals surface area contributed by atoms with Crippen molar-refractivity contribution in [2.24, 2.45) is 0 Å². The zero-order valence-corrected chi connectivity index (χ0v) is 12.9. The molecular formula is C6H12Br2Cl3P. The van der Waals surface area contributed by atoms with Crippen molar-refractivity contribution in [2.75, 3.05) is 12.3 Å². The average Bonchev–Trinajstić information content (AvgIpc) is 1.85. The maximum absolute atomic E-state index is 5.71. The van der Waals surface area contributed by atoms with Crippen LogP contribution in [0.5, 0.6) is 0 Å². The van der Waals surface area contributed by atoms with E-state index < -0.39 is 0 Å². The minimum Gasteiger partial charge on any atom is -0.147 e. The third-order valence-corrected chi connectivity index (χ3v) is 3.72. The SMILES string of the molecule is Cl.ClC(Br)CCPCCC(Cl)Br. The molecule has 0 saturated heterocycles. The van der Waals surface area contributed by atoms with Gasteiger partial charge in [0.25, 0.3) is 0 Å². The van der Waals surface area contributed by atoms with E-state index in [1.165, 1.54) is 12.3 Å². The molecule has 0 radical (unpaired) electrons. The minimum atomic E-state index is 0. The molecule has 0 rings (SSSR count). The van der Waals surface area contributed by atoms with Crippen molar-refractivity contribution < 1.29 is 0 Å². The van der Waals surface area contributed by atoms with Crippen molar-refractivity contribution in [1.29, 1.82) is 0 Å². The quantitative estimate of drug-likeness (QED) is 0.353. The van der Waals surface area contributed by atoms with E-state index in [0.29, 0.717) is 0 Å². The lowest BCUT2D eigenvalue weighted by molar-refractivity contribution is 1.04. The van der Waals surface area contributed by atoms with Gasteiger partial charge in [-0.25, -0.2) is 0 Å². The van der Waals surface area contributed by atoms with E-state index in [-0.39, 0.29) is 21.0 Å². The Morgan fingerprint density at radius 3 is 1.58 bits per heavy atom. The van der Waals surface area contributed by atoms with Gasteiger partial charge in [-0.3, -0.25) is 0 Å². The summed E-state index contributed by atoms with van der Waals surface area (Å²) in [5.74, 6) is 0. The van der Waals surface area contributed by atoms with Crippen molar-refractivity contribution >= 4 is 76.0 Å². The molecule has 0 aromatic rings. The van der Waals surface area contributed by atoms with Crippen LogP contribution in [0.25, 0.3) is 0 Å². The number of rotatable bonds is 6. The highest BCUT2D eigenvalue weighted by Crippen LogP contribution is 2.21. The Kier molecular flexibility index (Phi) is 15.8. The molecule has 0 heterocycles. The van der Waals surface area contributed by atoms with Crippen molar-refractivity contribution in [2.45, 2.75) is 21.4 Å². The monoisotopic (exact) mass is 378 g/mol. The van der Waals surface area contributed by atoms with Gasteiger partial charge < -0.3 is 0 Å². The summed E-state index contributed by atoms with van der Waals surface area (Å²) >= 11 is 18.0. The normalized spacial score (nSPS) is 16.0. The molecule has 0 saturated carbocycles. The van der Waals surface area contributed by atoms with Gasteiger partial charge in [-0.2, -0.15) is 0 Å². The summed E-state index contributed by atoms with van der Waals surface area (Å²) in [6.45, 7) is 0. The summed E-state index contributed by atoms with van der Waals surface area (Å²) < 4.78 is 0.288. The summed E-state index contributed by atoms with van der Waals surface area (Å²) in [5.41, 5.74) is 0. The van der Waals surface area contributed by atoms with E-state index in [2.05, 4.69) is 31.9 Å². The molecule has 76 valence electrons. The van der Waals surface area contributed by atoms with Crippen LogP contribution in [-0.4, -0.2) is 20.9 Å². The highest BCUT2D eigenvalue weighted by molar-refractivity contribution is 9.10. The molecular weight excluding hydrogens is 369 g/mol. The molecule has 0 aromatic carbocycles. The smallest absolute Gasteiger partial charge is 0.0889 e. The molecule has 6 heteroatoms. The Morgan fingerprint density at radius 1 is 1.00 bits per heavy atom. The maximum atomic E-state index is 5.71. The summed E-state index contributed by atoms with van der Waals surface area (Å²) in [5, 5.41) is 0. The van der Waals surface area contributed by atoms with Crippen LogP contribution >= 0.6 is 76.0 Å². The van der Waals surface area contributed by atoms with E-state index in [0.717, 1.165) is 21.4 Å². The van der Waals surface area contributed by atoms with Gasteiger partial charge >= 0.3 is 0 Å². The standard InChI is InChI=1S/C6H11Br2Cl2P.ClH/c7-5(9)1-3-11-4-2-6(8)10;/h5-6,11H,1-4H2;1H. The lowest BCUT2D eigenvalue weighted by Crippen LogP contribution is -1.91. The van der Waals surface area contributed by atoms with Gasteiger partial charge in [0.05, 0.1) is 8.57 Å². The Balaban J connectivity index is 0. The number of halogens is 5. The van der Waals surface area contributed by atoms with Crippen LogP contribution in [0.15, 0.2) is 0 Å². The molecule has 0 nitrogen and oxygen atoms in total. The molecule has 0 aliphatic rings. The Morgan fingerprint density at radius 2 is 1.33 bits per heavy atom. The first-order valence-electron chi connectivity index (χ1n) is 3.40. The largest absolute Gasteiger partial charge is 0.147 e. The highest BCUT2D eigenvalue weighted by Gasteiger charge is 1.99. The molecule has 0 spiro atoms. The molecule has 12 heavy (non-hydrogen) atoms. The molecule has 2 unspecified atom stereocenters. The lowest BCUT2D eigenvalue weighted by atomic mass is 10.6. The van der Waals surface area contributed by atoms with Crippen molar-refractivity contribution in [3.63, 3.8) is 0 Å². The first-order chi connectivity index (χ1) is 5.13. The molecule has 0 aromatic heterocycles. The van der Waals surface area contributed by atoms with Gasteiger partial charge in [0.15, 0.2) is 0 Å². The van der Waals surface area contributed by atoms with Gasteiger partial charge in [-0.1, -0.05) is 31.9 Å². The van der Waals surface area contributed by atoms with Crippen LogP contribution < -0.4 is 0 Å². The topological polar surface area (TPSA) is 0 Å². The van der Waals surface area contributed by atoms with E-state index in [9.17, 15) is 0 Å². The third-order valence-electron chi connectivity index (χ3n) is 1.08. The second kappa shape index (κ2) is 11.3. The van der Waals surface area contributed by atoms with Gasteiger partial charge in [-0.15, -0.1) is 44.2 Å². The van der Waals surface area contributed by atoms with Gasteiger partial charge in [-0.05, 0) is 25.2 Å². The molecule has 0 amide bonds. The molecule has 0 aliphatic carbocycles. The Labute approximate surface area is 109 Å². The van der Waals surface area contributed by atoms with Gasteiger partial charge in [0, 0.05) is 0 Å². The zero-order valence-electron chi connectivity index (χ0n) is 6.40. The fourth-order valence-electron chi connectivity index (χ4n) is 0.547. The highest BCUT2D eigenvalue weighted by atomic mass is 79.9. The summed E-state index contributed by atoms with van der Waals surface area (Å²) in [6.07, 6.45) is 4.51. The molecule has 0 fully saturated rings. The second-order valence-electron chi connectivity index (χ2n) is 2.11. The van der Waals surface area contributed by atoms with Crippen LogP contribution in [0.3, 0.4) is 0 Å². The van der Waals surface area contributed by atoms with E-state index in [4.69, 9.17) is 23.2 Å². The maximum Gasteiger partial charge on any atom is 0.0889 e. The van der Waals surface area contributed by atoms with Crippen LogP contribution in [0, 0.1) is 0 Å². The first-order valence-corrected chi connectivity index (χ1v) is 7.51. The molecule has 0 aliphatic heterocycles. The summed E-state index contributed by atoms with van der Waals surface area (Å²) in [7, 11) is 0.989. The van der Waals surface area contributed by atoms with E-state index in [1.807, 2.05) is 0 Å². The van der Waals surface area contributed by atoms with Crippen molar-refractivity contribution in [3.05, 3.63) is 0 Å². The van der Waals surface area contributed by atoms with Crippen molar-refractivity contribution in [3.8, 4) is 0 Å². The van der Waals surface area contributed by atoms with Crippen LogP contribution in [0.2, 0.25) is 0 Å². The average molecular weight is 381 g/mol.